The lowest BCUT2D eigenvalue weighted by molar-refractivity contribution is -0.114. The van der Waals surface area contributed by atoms with Crippen LogP contribution in [-0.4, -0.2) is 20.5 Å². The lowest BCUT2D eigenvalue weighted by Crippen LogP contribution is -2.18. The third-order valence-corrected chi connectivity index (χ3v) is 4.17. The Morgan fingerprint density at radius 1 is 1.18 bits per heavy atom. The van der Waals surface area contributed by atoms with Crippen molar-refractivity contribution in [3.8, 4) is 0 Å². The summed E-state index contributed by atoms with van der Waals surface area (Å²) in [5.41, 5.74) is 0.547. The van der Waals surface area contributed by atoms with Gasteiger partial charge in [0.05, 0.1) is 4.90 Å². The Labute approximate surface area is 132 Å². The zero-order valence-electron chi connectivity index (χ0n) is 13.0. The summed E-state index contributed by atoms with van der Waals surface area (Å²) in [5.74, 6) is -0.207. The van der Waals surface area contributed by atoms with Gasteiger partial charge in [0, 0.05) is 18.8 Å². The van der Waals surface area contributed by atoms with Gasteiger partial charge >= 0.3 is 0 Å². The van der Waals surface area contributed by atoms with Crippen LogP contribution in [0.25, 0.3) is 0 Å². The van der Waals surface area contributed by atoms with E-state index in [0.29, 0.717) is 5.69 Å². The highest BCUT2D eigenvalue weighted by Crippen LogP contribution is 2.13. The predicted octanol–water partition coefficient (Wildman–Crippen LogP) is 2.88. The topological polar surface area (TPSA) is 87.6 Å². The van der Waals surface area contributed by atoms with Crippen molar-refractivity contribution in [1.29, 1.82) is 0 Å². The van der Waals surface area contributed by atoms with E-state index in [9.17, 15) is 13.2 Å². The maximum Gasteiger partial charge on any atom is 0.276 e. The highest BCUT2D eigenvalue weighted by Gasteiger charge is 2.12. The highest BCUT2D eigenvalue weighted by molar-refractivity contribution is 7.89. The molecule has 0 unspecified atom stereocenters. The fourth-order valence-corrected chi connectivity index (χ4v) is 2.62. The number of sulfonamides is 1. The molecular weight excluding hydrogens is 302 g/mol. The van der Waals surface area contributed by atoms with Gasteiger partial charge in [0.25, 0.3) is 10.0 Å². The largest absolute Gasteiger partial charge is 0.326 e. The molecule has 0 aliphatic heterocycles. The van der Waals surface area contributed by atoms with Gasteiger partial charge < -0.3 is 5.32 Å². The van der Waals surface area contributed by atoms with Crippen molar-refractivity contribution in [2.45, 2.75) is 50.8 Å². The first kappa shape index (κ1) is 18.2. The molecule has 0 aromatic heterocycles. The monoisotopic (exact) mass is 325 g/mol. The van der Waals surface area contributed by atoms with E-state index in [1.807, 2.05) is 0 Å². The summed E-state index contributed by atoms with van der Waals surface area (Å²) in [6.07, 6.45) is 6.81. The van der Waals surface area contributed by atoms with Crippen molar-refractivity contribution < 1.29 is 13.2 Å². The second-order valence-corrected chi connectivity index (χ2v) is 6.62. The maximum absolute atomic E-state index is 12.0. The molecule has 2 N–H and O–H groups in total. The van der Waals surface area contributed by atoms with E-state index in [4.69, 9.17) is 0 Å². The molecule has 0 heterocycles. The summed E-state index contributed by atoms with van der Waals surface area (Å²) in [6.45, 7) is 3.53. The number of carbonyl (C=O) groups is 1. The minimum atomic E-state index is -3.66. The number of hydrogen-bond donors (Lipinski definition) is 2. The van der Waals surface area contributed by atoms with Crippen LogP contribution >= 0.6 is 0 Å². The van der Waals surface area contributed by atoms with Crippen LogP contribution in [0.1, 0.15) is 46.0 Å². The molecule has 0 fully saturated rings. The van der Waals surface area contributed by atoms with E-state index >= 15 is 0 Å². The molecule has 0 spiro atoms. The van der Waals surface area contributed by atoms with Crippen LogP contribution in [0, 0.1) is 0 Å². The molecule has 0 atom stereocenters. The van der Waals surface area contributed by atoms with Crippen molar-refractivity contribution in [3.63, 3.8) is 0 Å². The Morgan fingerprint density at radius 2 is 1.86 bits per heavy atom. The molecule has 1 aromatic carbocycles. The molecule has 122 valence electrons. The molecule has 6 nitrogen and oxygen atoms in total. The van der Waals surface area contributed by atoms with Gasteiger partial charge in [-0.3, -0.25) is 4.79 Å². The van der Waals surface area contributed by atoms with E-state index in [2.05, 4.69) is 22.2 Å². The van der Waals surface area contributed by atoms with Crippen molar-refractivity contribution in [2.24, 2.45) is 5.10 Å². The molecule has 0 bridgehead atoms. The van der Waals surface area contributed by atoms with Gasteiger partial charge in [-0.25, -0.2) is 4.83 Å². The molecule has 1 amide bonds. The first-order chi connectivity index (χ1) is 10.5. The van der Waals surface area contributed by atoms with Gasteiger partial charge in [0.15, 0.2) is 0 Å². The Bertz CT molecular complexity index is 595. The molecule has 1 rings (SSSR count). The second-order valence-electron chi connectivity index (χ2n) is 4.96. The van der Waals surface area contributed by atoms with Crippen molar-refractivity contribution in [1.82, 2.24) is 4.83 Å². The normalized spacial score (nSPS) is 11.5. The average Bonchev–Trinajstić information content (AvgIpc) is 2.46. The third kappa shape index (κ3) is 6.71. The minimum absolute atomic E-state index is 0.102. The smallest absolute Gasteiger partial charge is 0.276 e. The zero-order valence-corrected chi connectivity index (χ0v) is 13.8. The number of benzene rings is 1. The molecule has 7 heteroatoms. The van der Waals surface area contributed by atoms with Gasteiger partial charge in [-0.05, 0) is 37.1 Å². The molecule has 0 radical (unpaired) electrons. The summed E-state index contributed by atoms with van der Waals surface area (Å²) in [6, 6.07) is 5.91. The summed E-state index contributed by atoms with van der Waals surface area (Å²) in [7, 11) is -3.66. The van der Waals surface area contributed by atoms with Gasteiger partial charge in [-0.15, -0.1) is 0 Å². The molecule has 1 aromatic rings. The summed E-state index contributed by atoms with van der Waals surface area (Å²) in [5, 5.41) is 6.33. The number of nitrogens with zero attached hydrogens (tertiary/aromatic N) is 1. The fourth-order valence-electron chi connectivity index (χ4n) is 1.81. The van der Waals surface area contributed by atoms with Crippen LogP contribution < -0.4 is 10.1 Å². The van der Waals surface area contributed by atoms with E-state index in [1.165, 1.54) is 37.6 Å². The molecule has 0 saturated carbocycles. The Balaban J connectivity index is 2.51. The SMILES string of the molecule is CCCCCC/C=N/NS(=O)(=O)c1ccc(NC(C)=O)cc1. The molecule has 0 saturated heterocycles. The molecule has 0 aliphatic rings. The van der Waals surface area contributed by atoms with Crippen LogP contribution in [0.4, 0.5) is 5.69 Å². The van der Waals surface area contributed by atoms with Crippen LogP contribution in [0.2, 0.25) is 0 Å². The standard InChI is InChI=1S/C15H23N3O3S/c1-3-4-5-6-7-12-16-18-22(20,21)15-10-8-14(9-11-15)17-13(2)19/h8-12,18H,3-7H2,1-2H3,(H,17,19)/b16-12+. The van der Waals surface area contributed by atoms with Gasteiger partial charge in [0.1, 0.15) is 0 Å². The number of hydrogen-bond acceptors (Lipinski definition) is 4. The number of unbranched alkanes of at least 4 members (excludes halogenated alkanes) is 4. The number of nitrogens with one attached hydrogen (secondary N) is 2. The molecule has 22 heavy (non-hydrogen) atoms. The van der Waals surface area contributed by atoms with Crippen LogP contribution in [0.15, 0.2) is 34.3 Å². The summed E-state index contributed by atoms with van der Waals surface area (Å²) < 4.78 is 24.0. The predicted molar refractivity (Wildman–Crippen MR) is 88.3 cm³/mol. The quantitative estimate of drug-likeness (QED) is 0.416. The summed E-state index contributed by atoms with van der Waals surface area (Å²) in [4.78, 5) is 13.2. The third-order valence-electron chi connectivity index (χ3n) is 2.94. The van der Waals surface area contributed by atoms with Crippen molar-refractivity contribution in [3.05, 3.63) is 24.3 Å². The Hall–Kier alpha value is -1.89. The van der Waals surface area contributed by atoms with E-state index in [1.54, 1.807) is 6.21 Å². The van der Waals surface area contributed by atoms with E-state index in [0.717, 1.165) is 25.7 Å². The van der Waals surface area contributed by atoms with Crippen LogP contribution in [0.5, 0.6) is 0 Å². The van der Waals surface area contributed by atoms with Gasteiger partial charge in [-0.2, -0.15) is 13.5 Å². The first-order valence-corrected chi connectivity index (χ1v) is 8.85. The minimum Gasteiger partial charge on any atom is -0.326 e. The summed E-state index contributed by atoms with van der Waals surface area (Å²) >= 11 is 0. The van der Waals surface area contributed by atoms with Crippen LogP contribution in [-0.2, 0) is 14.8 Å². The van der Waals surface area contributed by atoms with E-state index < -0.39 is 10.0 Å². The van der Waals surface area contributed by atoms with Gasteiger partial charge in [0.2, 0.25) is 5.91 Å². The zero-order chi connectivity index (χ0) is 16.4. The highest BCUT2D eigenvalue weighted by atomic mass is 32.2. The first-order valence-electron chi connectivity index (χ1n) is 7.36. The van der Waals surface area contributed by atoms with Gasteiger partial charge in [-0.1, -0.05) is 26.2 Å². The second kappa shape index (κ2) is 9.19. The van der Waals surface area contributed by atoms with E-state index in [-0.39, 0.29) is 10.8 Å². The van der Waals surface area contributed by atoms with Crippen molar-refractivity contribution in [2.75, 3.05) is 5.32 Å². The molecule has 0 aliphatic carbocycles. The number of carbonyl (C=O) groups excluding carboxylic acids is 1. The lowest BCUT2D eigenvalue weighted by Gasteiger charge is -2.05. The fraction of sp³-hybridized carbons (Fsp3) is 0.467. The number of rotatable bonds is 9. The Morgan fingerprint density at radius 3 is 2.45 bits per heavy atom. The number of amides is 1. The Kier molecular flexibility index (Phi) is 7.59. The number of hydrazone groups is 1. The van der Waals surface area contributed by atoms with Crippen LogP contribution in [0.3, 0.4) is 0 Å². The number of anilines is 1. The average molecular weight is 325 g/mol. The maximum atomic E-state index is 12.0. The molecular formula is C15H23N3O3S. The lowest BCUT2D eigenvalue weighted by atomic mass is 10.2. The van der Waals surface area contributed by atoms with Crippen molar-refractivity contribution >= 4 is 27.8 Å².